The SMILES string of the molecule is Cn1c(=O)c2[nH]cnc2n(C)c1=O.O=CO.[H-].[Na+]. The van der Waals surface area contributed by atoms with Crippen molar-refractivity contribution in [2.24, 2.45) is 14.1 Å². The van der Waals surface area contributed by atoms with Crippen LogP contribution in [0.4, 0.5) is 0 Å². The monoisotopic (exact) mass is 250 g/mol. The molecule has 9 heteroatoms. The third-order valence-corrected chi connectivity index (χ3v) is 2.03. The summed E-state index contributed by atoms with van der Waals surface area (Å²) >= 11 is 0. The molecule has 0 unspecified atom stereocenters. The van der Waals surface area contributed by atoms with E-state index in [0.29, 0.717) is 11.2 Å². The maximum Gasteiger partial charge on any atom is 1.00 e. The number of nitrogens with zero attached hydrogens (tertiary/aromatic N) is 3. The van der Waals surface area contributed by atoms with Gasteiger partial charge in [-0.05, 0) is 0 Å². The third kappa shape index (κ3) is 2.84. The fraction of sp³-hybridized carbons (Fsp3) is 0.250. The minimum Gasteiger partial charge on any atom is -1.00 e. The number of carboxylic acid groups (broad SMARTS) is 1. The van der Waals surface area contributed by atoms with Crippen LogP contribution >= 0.6 is 0 Å². The van der Waals surface area contributed by atoms with Crippen LogP contribution in [0.3, 0.4) is 0 Å². The van der Waals surface area contributed by atoms with Gasteiger partial charge in [-0.25, -0.2) is 9.78 Å². The molecule has 0 saturated heterocycles. The summed E-state index contributed by atoms with van der Waals surface area (Å²) in [6.45, 7) is -0.250. The van der Waals surface area contributed by atoms with Crippen LogP contribution in [0.2, 0.25) is 0 Å². The molecule has 0 aromatic carbocycles. The zero-order chi connectivity index (χ0) is 12.3. The molecule has 0 aliphatic rings. The molecular formula is C8H11N4NaO4. The second-order valence-corrected chi connectivity index (χ2v) is 2.91. The smallest absolute Gasteiger partial charge is 1.00 e. The van der Waals surface area contributed by atoms with Crippen LogP contribution in [0.25, 0.3) is 11.2 Å². The summed E-state index contributed by atoms with van der Waals surface area (Å²) in [6.07, 6.45) is 1.39. The summed E-state index contributed by atoms with van der Waals surface area (Å²) in [4.78, 5) is 37.7. The number of aryl methyl sites for hydroxylation is 1. The minimum atomic E-state index is -0.371. The zero-order valence-electron chi connectivity index (χ0n) is 10.7. The van der Waals surface area contributed by atoms with Crippen molar-refractivity contribution in [2.45, 2.75) is 0 Å². The summed E-state index contributed by atoms with van der Waals surface area (Å²) in [5, 5.41) is 6.89. The first-order valence-electron chi connectivity index (χ1n) is 4.21. The number of aromatic amines is 1. The Bertz CT molecular complexity index is 632. The molecule has 0 aliphatic carbocycles. The normalized spacial score (nSPS) is 9.06. The number of carbonyl (C=O) groups is 1. The van der Waals surface area contributed by atoms with Gasteiger partial charge in [-0.2, -0.15) is 0 Å². The number of H-pyrrole nitrogens is 1. The molecule has 0 radical (unpaired) electrons. The zero-order valence-corrected chi connectivity index (χ0v) is 11.7. The van der Waals surface area contributed by atoms with Gasteiger partial charge in [-0.3, -0.25) is 18.7 Å². The summed E-state index contributed by atoms with van der Waals surface area (Å²) in [5.41, 5.74) is 0.0119. The Hall–Kier alpha value is -1.38. The van der Waals surface area contributed by atoms with Crippen LogP contribution in [-0.4, -0.2) is 30.7 Å². The number of hydrogen-bond acceptors (Lipinski definition) is 4. The second kappa shape index (κ2) is 6.38. The number of fused-ring (bicyclic) bond motifs is 1. The van der Waals surface area contributed by atoms with Crippen molar-refractivity contribution in [3.63, 3.8) is 0 Å². The fourth-order valence-electron chi connectivity index (χ4n) is 1.27. The number of nitrogens with one attached hydrogen (secondary N) is 1. The van der Waals surface area contributed by atoms with Gasteiger partial charge >= 0.3 is 35.2 Å². The molecule has 2 rings (SSSR count). The van der Waals surface area contributed by atoms with Gasteiger partial charge in [0.2, 0.25) is 0 Å². The molecule has 0 bridgehead atoms. The van der Waals surface area contributed by atoms with E-state index in [2.05, 4.69) is 9.97 Å². The predicted octanol–water partition coefficient (Wildman–Crippen LogP) is -4.22. The molecule has 8 nitrogen and oxygen atoms in total. The number of rotatable bonds is 0. The van der Waals surface area contributed by atoms with Crippen LogP contribution in [0.5, 0.6) is 0 Å². The van der Waals surface area contributed by atoms with Crippen LogP contribution in [0, 0.1) is 0 Å². The number of aromatic nitrogens is 4. The van der Waals surface area contributed by atoms with Crippen molar-refractivity contribution < 1.29 is 40.9 Å². The Kier molecular flexibility index (Phi) is 5.86. The first-order valence-corrected chi connectivity index (χ1v) is 4.21. The van der Waals surface area contributed by atoms with Gasteiger partial charge in [-0.15, -0.1) is 0 Å². The number of imidazole rings is 1. The maximum atomic E-state index is 11.4. The van der Waals surface area contributed by atoms with Crippen molar-refractivity contribution in [1.82, 2.24) is 19.1 Å². The summed E-state index contributed by atoms with van der Waals surface area (Å²) in [7, 11) is 3.01. The van der Waals surface area contributed by atoms with Crippen LogP contribution in [0.1, 0.15) is 1.43 Å². The van der Waals surface area contributed by atoms with Gasteiger partial charge in [0.1, 0.15) is 5.52 Å². The molecule has 2 N–H and O–H groups in total. The molecule has 0 fully saturated rings. The van der Waals surface area contributed by atoms with Gasteiger partial charge in [-0.1, -0.05) is 0 Å². The maximum absolute atomic E-state index is 11.4. The van der Waals surface area contributed by atoms with E-state index < -0.39 is 0 Å². The van der Waals surface area contributed by atoms with E-state index in [9.17, 15) is 9.59 Å². The number of hydrogen-bond donors (Lipinski definition) is 2. The molecule has 2 aromatic rings. The summed E-state index contributed by atoms with van der Waals surface area (Å²) < 4.78 is 2.37. The van der Waals surface area contributed by atoms with E-state index >= 15 is 0 Å². The van der Waals surface area contributed by atoms with Gasteiger partial charge in [0, 0.05) is 14.1 Å². The fourth-order valence-corrected chi connectivity index (χ4v) is 1.27. The Morgan fingerprint density at radius 2 is 1.94 bits per heavy atom. The molecule has 0 saturated carbocycles. The molecular weight excluding hydrogens is 239 g/mol. The molecule has 17 heavy (non-hydrogen) atoms. The summed E-state index contributed by atoms with van der Waals surface area (Å²) in [6, 6.07) is 0. The quantitative estimate of drug-likeness (QED) is 0.364. The van der Waals surface area contributed by atoms with Gasteiger partial charge in [0.05, 0.1) is 6.33 Å². The third-order valence-electron chi connectivity index (χ3n) is 2.03. The first kappa shape index (κ1) is 15.6. The molecule has 2 heterocycles. The van der Waals surface area contributed by atoms with Gasteiger partial charge < -0.3 is 11.5 Å². The Morgan fingerprint density at radius 1 is 1.41 bits per heavy atom. The summed E-state index contributed by atoms with van der Waals surface area (Å²) in [5.74, 6) is 0. The van der Waals surface area contributed by atoms with Crippen molar-refractivity contribution in [2.75, 3.05) is 0 Å². The second-order valence-electron chi connectivity index (χ2n) is 2.91. The Balaban J connectivity index is 0. The molecule has 88 valence electrons. The molecule has 2 aromatic heterocycles. The van der Waals surface area contributed by atoms with E-state index in [0.717, 1.165) is 4.57 Å². The van der Waals surface area contributed by atoms with Crippen LogP contribution in [0.15, 0.2) is 15.9 Å². The van der Waals surface area contributed by atoms with E-state index in [1.165, 1.54) is 17.9 Å². The average molecular weight is 250 g/mol. The van der Waals surface area contributed by atoms with Gasteiger partial charge in [0.25, 0.3) is 12.0 Å². The molecule has 0 amide bonds. The van der Waals surface area contributed by atoms with Crippen molar-refractivity contribution in [1.29, 1.82) is 0 Å². The largest absolute Gasteiger partial charge is 1.00 e. The van der Waals surface area contributed by atoms with E-state index in [-0.39, 0.29) is 48.7 Å². The Labute approximate surface area is 119 Å². The molecule has 0 spiro atoms. The van der Waals surface area contributed by atoms with Crippen molar-refractivity contribution in [3.05, 3.63) is 27.2 Å². The first-order chi connectivity index (χ1) is 7.54. The predicted molar refractivity (Wildman–Crippen MR) is 56.4 cm³/mol. The van der Waals surface area contributed by atoms with E-state index in [4.69, 9.17) is 9.90 Å². The van der Waals surface area contributed by atoms with E-state index in [1.54, 1.807) is 7.05 Å². The van der Waals surface area contributed by atoms with Crippen molar-refractivity contribution in [3.8, 4) is 0 Å². The average Bonchev–Trinajstić information content (AvgIpc) is 2.73. The Morgan fingerprint density at radius 3 is 2.47 bits per heavy atom. The van der Waals surface area contributed by atoms with E-state index in [1.807, 2.05) is 0 Å². The molecule has 0 atom stereocenters. The topological polar surface area (TPSA) is 110 Å². The van der Waals surface area contributed by atoms with Crippen LogP contribution < -0.4 is 40.8 Å². The standard InChI is InChI=1S/C7H8N4O2.CH2O2.Na.H/c1-10-5-4(8-3-9-5)6(12)11(2)7(10)13;2-1-3;;/h3H,1-2H3,(H,8,9);1H,(H,2,3);;/q;;+1;-1. The molecule has 0 aliphatic heterocycles. The van der Waals surface area contributed by atoms with Crippen molar-refractivity contribution >= 4 is 17.6 Å². The minimum absolute atomic E-state index is 0. The van der Waals surface area contributed by atoms with Gasteiger partial charge in [0.15, 0.2) is 5.65 Å². The van der Waals surface area contributed by atoms with Crippen LogP contribution in [-0.2, 0) is 18.9 Å².